The molecule has 6 heteroatoms. The SMILES string of the molecule is O=c1[nH]c(C2CCCN2Cc2ccnc(C3CCC3)n2)nc2ccccc12. The summed E-state index contributed by atoms with van der Waals surface area (Å²) in [5, 5.41) is 0.645. The number of rotatable bonds is 4. The number of likely N-dealkylation sites (tertiary alicyclic amines) is 1. The topological polar surface area (TPSA) is 74.8 Å². The van der Waals surface area contributed by atoms with E-state index in [0.29, 0.717) is 11.3 Å². The van der Waals surface area contributed by atoms with Gasteiger partial charge in [-0.05, 0) is 50.4 Å². The Bertz CT molecular complexity index is 1030. The third kappa shape index (κ3) is 3.14. The van der Waals surface area contributed by atoms with Crippen molar-refractivity contribution < 1.29 is 0 Å². The van der Waals surface area contributed by atoms with Gasteiger partial charge in [0.15, 0.2) is 0 Å². The highest BCUT2D eigenvalue weighted by Gasteiger charge is 2.29. The maximum atomic E-state index is 12.4. The van der Waals surface area contributed by atoms with Gasteiger partial charge in [-0.1, -0.05) is 18.6 Å². The van der Waals surface area contributed by atoms with E-state index in [1.165, 1.54) is 19.3 Å². The zero-order valence-electron chi connectivity index (χ0n) is 15.3. The van der Waals surface area contributed by atoms with Crippen LogP contribution in [0, 0.1) is 0 Å². The van der Waals surface area contributed by atoms with E-state index in [4.69, 9.17) is 9.97 Å². The molecule has 1 atom stereocenters. The van der Waals surface area contributed by atoms with E-state index in [1.54, 1.807) is 0 Å². The predicted molar refractivity (Wildman–Crippen MR) is 103 cm³/mol. The lowest BCUT2D eigenvalue weighted by molar-refractivity contribution is 0.236. The molecule has 27 heavy (non-hydrogen) atoms. The first-order chi connectivity index (χ1) is 13.3. The first-order valence-electron chi connectivity index (χ1n) is 9.83. The number of para-hydroxylation sites is 1. The molecule has 1 aromatic carbocycles. The maximum absolute atomic E-state index is 12.4. The summed E-state index contributed by atoms with van der Waals surface area (Å²) in [5.74, 6) is 2.30. The average molecular weight is 361 g/mol. The van der Waals surface area contributed by atoms with Crippen LogP contribution in [0.2, 0.25) is 0 Å². The van der Waals surface area contributed by atoms with E-state index in [2.05, 4.69) is 14.9 Å². The van der Waals surface area contributed by atoms with Crippen LogP contribution in [-0.2, 0) is 6.54 Å². The van der Waals surface area contributed by atoms with E-state index in [-0.39, 0.29) is 11.6 Å². The van der Waals surface area contributed by atoms with Gasteiger partial charge in [0.05, 0.1) is 22.6 Å². The molecule has 2 fully saturated rings. The molecule has 0 bridgehead atoms. The fraction of sp³-hybridized carbons (Fsp3) is 0.429. The van der Waals surface area contributed by atoms with Gasteiger partial charge in [0, 0.05) is 18.7 Å². The van der Waals surface area contributed by atoms with Crippen LogP contribution >= 0.6 is 0 Å². The Hall–Kier alpha value is -2.60. The first kappa shape index (κ1) is 16.6. The van der Waals surface area contributed by atoms with E-state index >= 15 is 0 Å². The van der Waals surface area contributed by atoms with Gasteiger partial charge in [-0.25, -0.2) is 15.0 Å². The van der Waals surface area contributed by atoms with Crippen molar-refractivity contribution in [3.8, 4) is 0 Å². The van der Waals surface area contributed by atoms with Crippen LogP contribution in [0.25, 0.3) is 10.9 Å². The zero-order valence-corrected chi connectivity index (χ0v) is 15.3. The van der Waals surface area contributed by atoms with Crippen LogP contribution in [0.15, 0.2) is 41.3 Å². The molecule has 3 heterocycles. The number of hydrogen-bond acceptors (Lipinski definition) is 5. The smallest absolute Gasteiger partial charge is 0.258 e. The Labute approximate surface area is 157 Å². The number of H-pyrrole nitrogens is 1. The molecule has 138 valence electrons. The van der Waals surface area contributed by atoms with E-state index in [9.17, 15) is 4.79 Å². The second-order valence-corrected chi connectivity index (χ2v) is 7.63. The maximum Gasteiger partial charge on any atom is 0.258 e. The molecule has 1 N–H and O–H groups in total. The van der Waals surface area contributed by atoms with Gasteiger partial charge >= 0.3 is 0 Å². The van der Waals surface area contributed by atoms with Gasteiger partial charge in [0.1, 0.15) is 11.6 Å². The van der Waals surface area contributed by atoms with Crippen LogP contribution in [0.5, 0.6) is 0 Å². The molecule has 0 radical (unpaired) electrons. The monoisotopic (exact) mass is 361 g/mol. The summed E-state index contributed by atoms with van der Waals surface area (Å²) in [6.45, 7) is 1.76. The summed E-state index contributed by atoms with van der Waals surface area (Å²) >= 11 is 0. The molecule has 1 unspecified atom stereocenters. The van der Waals surface area contributed by atoms with E-state index in [1.807, 2.05) is 36.5 Å². The molecule has 1 aliphatic carbocycles. The number of nitrogens with zero attached hydrogens (tertiary/aromatic N) is 4. The highest BCUT2D eigenvalue weighted by Crippen LogP contribution is 2.35. The number of aromatic amines is 1. The fourth-order valence-corrected chi connectivity index (χ4v) is 4.16. The molecule has 2 aliphatic rings. The molecular formula is C21H23N5O. The van der Waals surface area contributed by atoms with Crippen molar-refractivity contribution in [1.29, 1.82) is 0 Å². The zero-order chi connectivity index (χ0) is 18.2. The average Bonchev–Trinajstić information content (AvgIpc) is 3.09. The molecular weight excluding hydrogens is 338 g/mol. The van der Waals surface area contributed by atoms with Gasteiger partial charge in [0.2, 0.25) is 0 Å². The lowest BCUT2D eigenvalue weighted by Gasteiger charge is -2.26. The normalized spacial score (nSPS) is 20.8. The lowest BCUT2D eigenvalue weighted by Crippen LogP contribution is -2.27. The summed E-state index contributed by atoms with van der Waals surface area (Å²) in [4.78, 5) is 31.9. The van der Waals surface area contributed by atoms with Gasteiger partial charge in [0.25, 0.3) is 5.56 Å². The number of aromatic nitrogens is 4. The quantitative estimate of drug-likeness (QED) is 0.772. The minimum atomic E-state index is -0.0586. The second kappa shape index (κ2) is 6.85. The lowest BCUT2D eigenvalue weighted by atomic mass is 9.85. The molecule has 0 spiro atoms. The minimum Gasteiger partial charge on any atom is -0.309 e. The van der Waals surface area contributed by atoms with Crippen molar-refractivity contribution in [1.82, 2.24) is 24.8 Å². The highest BCUT2D eigenvalue weighted by atomic mass is 16.1. The van der Waals surface area contributed by atoms with Crippen LogP contribution in [0.4, 0.5) is 0 Å². The predicted octanol–water partition coefficient (Wildman–Crippen LogP) is 3.32. The molecule has 6 nitrogen and oxygen atoms in total. The Morgan fingerprint density at radius 3 is 2.81 bits per heavy atom. The van der Waals surface area contributed by atoms with Crippen LogP contribution in [-0.4, -0.2) is 31.4 Å². The number of nitrogens with one attached hydrogen (secondary N) is 1. The third-order valence-electron chi connectivity index (χ3n) is 5.88. The van der Waals surface area contributed by atoms with Crippen molar-refractivity contribution in [2.45, 2.75) is 50.6 Å². The molecule has 3 aromatic rings. The van der Waals surface area contributed by atoms with Gasteiger partial charge in [-0.3, -0.25) is 9.69 Å². The van der Waals surface area contributed by atoms with E-state index in [0.717, 1.165) is 48.8 Å². The minimum absolute atomic E-state index is 0.0586. The largest absolute Gasteiger partial charge is 0.309 e. The first-order valence-corrected chi connectivity index (χ1v) is 9.83. The molecule has 1 saturated heterocycles. The van der Waals surface area contributed by atoms with Crippen molar-refractivity contribution in [3.05, 3.63) is 64.2 Å². The Morgan fingerprint density at radius 2 is 1.96 bits per heavy atom. The molecule has 0 amide bonds. The van der Waals surface area contributed by atoms with Crippen LogP contribution in [0.1, 0.15) is 61.4 Å². The van der Waals surface area contributed by atoms with Crippen molar-refractivity contribution in [2.24, 2.45) is 0 Å². The van der Waals surface area contributed by atoms with Crippen molar-refractivity contribution >= 4 is 10.9 Å². The van der Waals surface area contributed by atoms with Crippen LogP contribution in [0.3, 0.4) is 0 Å². The molecule has 5 rings (SSSR count). The van der Waals surface area contributed by atoms with E-state index < -0.39 is 0 Å². The Morgan fingerprint density at radius 1 is 1.07 bits per heavy atom. The van der Waals surface area contributed by atoms with Gasteiger partial charge in [-0.2, -0.15) is 0 Å². The van der Waals surface area contributed by atoms with Crippen LogP contribution < -0.4 is 5.56 Å². The summed E-state index contributed by atoms with van der Waals surface area (Å²) in [6.07, 6.45) is 7.68. The second-order valence-electron chi connectivity index (χ2n) is 7.63. The number of benzene rings is 1. The fourth-order valence-electron chi connectivity index (χ4n) is 4.16. The number of hydrogen-bond donors (Lipinski definition) is 1. The third-order valence-corrected chi connectivity index (χ3v) is 5.88. The summed E-state index contributed by atoms with van der Waals surface area (Å²) in [5.41, 5.74) is 1.76. The molecule has 2 aromatic heterocycles. The van der Waals surface area contributed by atoms with Crippen molar-refractivity contribution in [3.63, 3.8) is 0 Å². The highest BCUT2D eigenvalue weighted by molar-refractivity contribution is 5.77. The molecule has 1 saturated carbocycles. The number of fused-ring (bicyclic) bond motifs is 1. The summed E-state index contributed by atoms with van der Waals surface area (Å²) in [7, 11) is 0. The van der Waals surface area contributed by atoms with Gasteiger partial charge in [-0.15, -0.1) is 0 Å². The van der Waals surface area contributed by atoms with Crippen molar-refractivity contribution in [2.75, 3.05) is 6.54 Å². The summed E-state index contributed by atoms with van der Waals surface area (Å²) in [6, 6.07) is 9.66. The molecule has 1 aliphatic heterocycles. The standard InChI is InChI=1S/C21H23N5O/c27-21-16-7-1-2-8-17(16)24-20(25-21)18-9-4-12-26(18)13-15-10-11-22-19(23-15)14-5-3-6-14/h1-2,7-8,10-11,14,18H,3-6,9,12-13H2,(H,24,25,27). The van der Waals surface area contributed by atoms with Gasteiger partial charge < -0.3 is 4.98 Å². The Balaban J connectivity index is 1.41. The summed E-state index contributed by atoms with van der Waals surface area (Å²) < 4.78 is 0. The Kier molecular flexibility index (Phi) is 4.20.